The lowest BCUT2D eigenvalue weighted by molar-refractivity contribution is -0.166. The Morgan fingerprint density at radius 1 is 0.558 bits per heavy atom. The van der Waals surface area contributed by atoms with E-state index in [0.29, 0.717) is 6.42 Å². The van der Waals surface area contributed by atoms with Gasteiger partial charge in [0.1, 0.15) is 18.2 Å². The second kappa shape index (κ2) is 24.6. The van der Waals surface area contributed by atoms with Crippen LogP contribution in [0, 0.1) is 0 Å². The van der Waals surface area contributed by atoms with Crippen LogP contribution in [0.3, 0.4) is 0 Å². The predicted octanol–water partition coefficient (Wildman–Crippen LogP) is 0.578. The summed E-state index contributed by atoms with van der Waals surface area (Å²) in [7, 11) is 0. The highest BCUT2D eigenvalue weighted by Crippen LogP contribution is 2.13. The van der Waals surface area contributed by atoms with Crippen LogP contribution in [0.25, 0.3) is 0 Å². The highest BCUT2D eigenvalue weighted by atomic mass is 16.4. The molecule has 0 aromatic rings. The van der Waals surface area contributed by atoms with Crippen LogP contribution in [0.4, 0.5) is 0 Å². The normalized spacial score (nSPS) is 14.6. The van der Waals surface area contributed by atoms with Gasteiger partial charge < -0.3 is 46.6 Å². The van der Waals surface area contributed by atoms with Gasteiger partial charge >= 0.3 is 11.9 Å². The number of aliphatic hydroxyl groups excluding tert-OH is 4. The summed E-state index contributed by atoms with van der Waals surface area (Å²) in [6.07, 6.45) is 5.81. The first kappa shape index (κ1) is 40.2. The fourth-order valence-corrected chi connectivity index (χ4v) is 4.36. The number of unbranched alkanes of at least 4 members (excludes halogenated alkanes) is 12. The van der Waals surface area contributed by atoms with E-state index < -0.39 is 54.2 Å². The van der Waals surface area contributed by atoms with Crippen LogP contribution >= 0.6 is 0 Å². The summed E-state index contributed by atoms with van der Waals surface area (Å²) in [5, 5.41) is 63.1. The summed E-state index contributed by atoms with van der Waals surface area (Å²) in [6, 6.07) is -1.23. The van der Waals surface area contributed by atoms with E-state index in [1.54, 1.807) is 0 Å². The number of aliphatic hydroxyl groups is 4. The van der Waals surface area contributed by atoms with Crippen molar-refractivity contribution in [2.45, 2.75) is 140 Å². The fraction of sp³-hybridized carbons (Fsp3) is 0.828. The Hall–Kier alpha value is -2.81. The molecule has 0 radical (unpaired) electrons. The molecular weight excluding hydrogens is 566 g/mol. The molecule has 0 rings (SSSR count). The van der Waals surface area contributed by atoms with Crippen molar-refractivity contribution in [1.29, 1.82) is 0 Å². The number of aliphatic carboxylic acids is 2. The van der Waals surface area contributed by atoms with Gasteiger partial charge in [0.05, 0.1) is 0 Å². The van der Waals surface area contributed by atoms with E-state index in [1.165, 1.54) is 57.8 Å². The third kappa shape index (κ3) is 19.9. The molecule has 0 aliphatic carbocycles. The lowest BCUT2D eigenvalue weighted by Gasteiger charge is -2.24. The second-order valence-corrected chi connectivity index (χ2v) is 10.8. The molecule has 5 atom stereocenters. The Morgan fingerprint density at radius 3 is 1.51 bits per heavy atom. The summed E-state index contributed by atoms with van der Waals surface area (Å²) >= 11 is 0. The van der Waals surface area contributed by atoms with Crippen molar-refractivity contribution in [2.75, 3.05) is 13.1 Å². The van der Waals surface area contributed by atoms with Gasteiger partial charge in [-0.2, -0.15) is 0 Å². The second-order valence-electron chi connectivity index (χ2n) is 10.8. The van der Waals surface area contributed by atoms with E-state index in [-0.39, 0.29) is 38.3 Å². The number of carbonyl (C=O) groups excluding carboxylic acids is 3. The van der Waals surface area contributed by atoms with Crippen LogP contribution in [0.2, 0.25) is 0 Å². The number of carboxylic acid groups (broad SMARTS) is 2. The van der Waals surface area contributed by atoms with Gasteiger partial charge in [-0.05, 0) is 12.8 Å². The molecule has 0 aromatic heterocycles. The summed E-state index contributed by atoms with van der Waals surface area (Å²) in [5.41, 5.74) is 0. The van der Waals surface area contributed by atoms with Crippen LogP contribution in [-0.2, 0) is 24.0 Å². The van der Waals surface area contributed by atoms with E-state index in [9.17, 15) is 49.5 Å². The average molecular weight is 620 g/mol. The summed E-state index contributed by atoms with van der Waals surface area (Å²) in [6.45, 7) is 1.87. The van der Waals surface area contributed by atoms with Crippen molar-refractivity contribution in [1.82, 2.24) is 16.0 Å². The maximum Gasteiger partial charge on any atom is 0.335 e. The number of carboxylic acids is 2. The maximum atomic E-state index is 12.2. The lowest BCUT2D eigenvalue weighted by atomic mass is 10.0. The van der Waals surface area contributed by atoms with Crippen molar-refractivity contribution in [3.63, 3.8) is 0 Å². The highest BCUT2D eigenvalue weighted by molar-refractivity contribution is 5.84. The Labute approximate surface area is 253 Å². The molecule has 250 valence electrons. The molecule has 0 aliphatic heterocycles. The zero-order valence-corrected chi connectivity index (χ0v) is 25.3. The molecule has 9 N–H and O–H groups in total. The minimum absolute atomic E-state index is 0.128. The third-order valence-corrected chi connectivity index (χ3v) is 7.07. The Bertz CT molecular complexity index is 827. The minimum Gasteiger partial charge on any atom is -0.480 e. The third-order valence-electron chi connectivity index (χ3n) is 7.07. The molecule has 0 aliphatic rings. The van der Waals surface area contributed by atoms with E-state index in [4.69, 9.17) is 5.11 Å². The Kier molecular flexibility index (Phi) is 23.0. The van der Waals surface area contributed by atoms with E-state index in [2.05, 4.69) is 22.9 Å². The van der Waals surface area contributed by atoms with Crippen molar-refractivity contribution in [3.8, 4) is 0 Å². The zero-order chi connectivity index (χ0) is 32.6. The van der Waals surface area contributed by atoms with Gasteiger partial charge in [-0.3, -0.25) is 14.4 Å². The van der Waals surface area contributed by atoms with Gasteiger partial charge in [-0.15, -0.1) is 0 Å². The molecular formula is C29H53N3O11. The van der Waals surface area contributed by atoms with Crippen molar-refractivity contribution >= 4 is 29.7 Å². The Balaban J connectivity index is 4.06. The van der Waals surface area contributed by atoms with Gasteiger partial charge in [0.15, 0.2) is 12.2 Å². The zero-order valence-electron chi connectivity index (χ0n) is 25.3. The van der Waals surface area contributed by atoms with Crippen LogP contribution in [0.5, 0.6) is 0 Å². The molecule has 43 heavy (non-hydrogen) atoms. The molecule has 0 spiro atoms. The molecule has 0 saturated carbocycles. The molecule has 0 aromatic carbocycles. The van der Waals surface area contributed by atoms with Gasteiger partial charge in [0, 0.05) is 25.9 Å². The number of hydrogen-bond acceptors (Lipinski definition) is 9. The average Bonchev–Trinajstić information content (AvgIpc) is 2.97. The monoisotopic (exact) mass is 619 g/mol. The predicted molar refractivity (Wildman–Crippen MR) is 157 cm³/mol. The van der Waals surface area contributed by atoms with Gasteiger partial charge in [-0.1, -0.05) is 84.0 Å². The molecule has 0 fully saturated rings. The van der Waals surface area contributed by atoms with Crippen molar-refractivity contribution in [2.24, 2.45) is 0 Å². The smallest absolute Gasteiger partial charge is 0.335 e. The maximum absolute atomic E-state index is 12.2. The molecule has 0 bridgehead atoms. The molecule has 0 saturated heterocycles. The Morgan fingerprint density at radius 2 is 1.02 bits per heavy atom. The number of carbonyl (C=O) groups is 5. The molecule has 5 unspecified atom stereocenters. The fourth-order valence-electron chi connectivity index (χ4n) is 4.36. The van der Waals surface area contributed by atoms with Crippen LogP contribution < -0.4 is 16.0 Å². The van der Waals surface area contributed by atoms with E-state index in [1.807, 2.05) is 0 Å². The van der Waals surface area contributed by atoms with Crippen LogP contribution in [0.15, 0.2) is 0 Å². The SMILES string of the molecule is CCCCCCCCCCCCCCCC(=O)NC(CCC(=O)NCCNC(=O)C(O)C(O)C(O)C(O)C(=O)O)C(=O)O. The highest BCUT2D eigenvalue weighted by Gasteiger charge is 2.37. The van der Waals surface area contributed by atoms with Crippen molar-refractivity contribution in [3.05, 3.63) is 0 Å². The quantitative estimate of drug-likeness (QED) is 0.0576. The standard InChI is InChI=1S/C29H53N3O11/c1-2-3-4-5-6-7-8-9-10-11-12-13-14-15-22(34)32-20(28(40)41)16-17-21(33)30-18-19-31-27(39)25(37)23(35)24(36)26(38)29(42)43/h20,23-26,35-38H,2-19H2,1H3,(H,30,33)(H,31,39)(H,32,34)(H,40,41)(H,42,43). The number of rotatable bonds is 27. The first-order valence-electron chi connectivity index (χ1n) is 15.4. The largest absolute Gasteiger partial charge is 0.480 e. The summed E-state index contributed by atoms with van der Waals surface area (Å²) in [4.78, 5) is 58.2. The van der Waals surface area contributed by atoms with Crippen molar-refractivity contribution < 1.29 is 54.6 Å². The minimum atomic E-state index is -2.42. The molecule has 0 heterocycles. The van der Waals surface area contributed by atoms with Gasteiger partial charge in [0.25, 0.3) is 5.91 Å². The molecule has 14 nitrogen and oxygen atoms in total. The van der Waals surface area contributed by atoms with Crippen LogP contribution in [0.1, 0.15) is 110 Å². The van der Waals surface area contributed by atoms with Gasteiger partial charge in [0.2, 0.25) is 11.8 Å². The summed E-state index contributed by atoms with van der Waals surface area (Å²) < 4.78 is 0. The number of amides is 3. The molecule has 14 heteroatoms. The first-order chi connectivity index (χ1) is 20.4. The topological polar surface area (TPSA) is 243 Å². The lowest BCUT2D eigenvalue weighted by Crippen LogP contribution is -2.53. The van der Waals surface area contributed by atoms with E-state index in [0.717, 1.165) is 19.3 Å². The molecule has 3 amide bonds. The van der Waals surface area contributed by atoms with E-state index >= 15 is 0 Å². The first-order valence-corrected chi connectivity index (χ1v) is 15.4. The summed E-state index contributed by atoms with van der Waals surface area (Å²) in [5.74, 6) is -5.24. The van der Waals surface area contributed by atoms with Crippen LogP contribution in [-0.4, -0.2) is 104 Å². The van der Waals surface area contributed by atoms with Gasteiger partial charge in [-0.25, -0.2) is 9.59 Å². The number of nitrogens with one attached hydrogen (secondary N) is 3. The number of hydrogen-bond donors (Lipinski definition) is 9.